The van der Waals surface area contributed by atoms with Crippen molar-refractivity contribution in [2.45, 2.75) is 0 Å². The first-order valence-electron chi connectivity index (χ1n) is 5.15. The second-order valence-electron chi connectivity index (χ2n) is 3.64. The average molecular weight is 425 g/mol. The Bertz CT molecular complexity index is 697. The van der Waals surface area contributed by atoms with Crippen LogP contribution in [0, 0.1) is 15.9 Å². The second-order valence-corrected chi connectivity index (χ2v) is 5.76. The molecule has 0 spiro atoms. The molecule has 20 heavy (non-hydrogen) atoms. The van der Waals surface area contributed by atoms with Gasteiger partial charge in [-0.25, -0.2) is 4.39 Å². The molecule has 0 unspecified atom stereocenters. The fourth-order valence-electron chi connectivity index (χ4n) is 1.46. The molecule has 0 fully saturated rings. The summed E-state index contributed by atoms with van der Waals surface area (Å²) < 4.78 is 19.3. The van der Waals surface area contributed by atoms with Crippen molar-refractivity contribution in [3.8, 4) is 11.5 Å². The van der Waals surface area contributed by atoms with E-state index in [1.165, 1.54) is 24.3 Å². The highest BCUT2D eigenvalue weighted by Crippen LogP contribution is 2.44. The third kappa shape index (κ3) is 3.11. The van der Waals surface area contributed by atoms with Crippen LogP contribution in [-0.4, -0.2) is 4.92 Å². The first kappa shape index (κ1) is 15.2. The van der Waals surface area contributed by atoms with Gasteiger partial charge in [0, 0.05) is 6.07 Å². The van der Waals surface area contributed by atoms with Crippen molar-refractivity contribution in [3.05, 3.63) is 60.2 Å². The first-order valence-corrected chi connectivity index (χ1v) is 7.12. The SMILES string of the molecule is O=[N+]([O-])c1c(Br)ccc(Cl)c1Oc1cc(F)ccc1Br. The number of nitro groups is 1. The Hall–Kier alpha value is -1.18. The monoisotopic (exact) mass is 423 g/mol. The number of nitro benzene ring substituents is 1. The first-order chi connectivity index (χ1) is 9.40. The van der Waals surface area contributed by atoms with Crippen LogP contribution in [0.1, 0.15) is 0 Å². The van der Waals surface area contributed by atoms with Crippen LogP contribution in [-0.2, 0) is 0 Å². The summed E-state index contributed by atoms with van der Waals surface area (Å²) in [7, 11) is 0. The highest BCUT2D eigenvalue weighted by atomic mass is 79.9. The molecule has 0 amide bonds. The molecule has 0 aliphatic rings. The van der Waals surface area contributed by atoms with Crippen LogP contribution < -0.4 is 4.74 Å². The van der Waals surface area contributed by atoms with Crippen molar-refractivity contribution < 1.29 is 14.1 Å². The summed E-state index contributed by atoms with van der Waals surface area (Å²) in [5.74, 6) is -0.595. The Morgan fingerprint density at radius 3 is 2.50 bits per heavy atom. The predicted octanol–water partition coefficient (Wildman–Crippen LogP) is 5.70. The minimum absolute atomic E-state index is 0.0519. The van der Waals surface area contributed by atoms with Crippen molar-refractivity contribution in [1.29, 1.82) is 0 Å². The van der Waals surface area contributed by atoms with Gasteiger partial charge in [-0.05, 0) is 56.1 Å². The number of hydrogen-bond acceptors (Lipinski definition) is 3. The molecule has 2 aromatic rings. The molecule has 0 radical (unpaired) electrons. The Balaban J connectivity index is 2.56. The highest BCUT2D eigenvalue weighted by molar-refractivity contribution is 9.11. The predicted molar refractivity (Wildman–Crippen MR) is 80.0 cm³/mol. The van der Waals surface area contributed by atoms with Crippen LogP contribution in [0.4, 0.5) is 10.1 Å². The van der Waals surface area contributed by atoms with Gasteiger partial charge < -0.3 is 4.74 Å². The van der Waals surface area contributed by atoms with E-state index in [9.17, 15) is 14.5 Å². The van der Waals surface area contributed by atoms with E-state index in [-0.39, 0.29) is 26.7 Å². The molecule has 104 valence electrons. The summed E-state index contributed by atoms with van der Waals surface area (Å²) in [5.41, 5.74) is -0.325. The molecule has 0 heterocycles. The number of halogens is 4. The molecule has 0 atom stereocenters. The minimum atomic E-state index is -0.626. The molecule has 0 aliphatic carbocycles. The van der Waals surface area contributed by atoms with Crippen LogP contribution in [0.25, 0.3) is 0 Å². The lowest BCUT2D eigenvalue weighted by Crippen LogP contribution is -1.96. The van der Waals surface area contributed by atoms with Crippen LogP contribution in [0.5, 0.6) is 11.5 Å². The molecule has 0 saturated carbocycles. The van der Waals surface area contributed by atoms with Gasteiger partial charge in [0.2, 0.25) is 5.75 Å². The lowest BCUT2D eigenvalue weighted by Gasteiger charge is -2.10. The van der Waals surface area contributed by atoms with Crippen molar-refractivity contribution >= 4 is 49.1 Å². The average Bonchev–Trinajstić information content (AvgIpc) is 2.37. The van der Waals surface area contributed by atoms with Gasteiger partial charge in [0.15, 0.2) is 0 Å². The van der Waals surface area contributed by atoms with E-state index < -0.39 is 10.7 Å². The topological polar surface area (TPSA) is 52.4 Å². The summed E-state index contributed by atoms with van der Waals surface area (Å²) in [6, 6.07) is 6.65. The lowest BCUT2D eigenvalue weighted by atomic mass is 10.3. The molecule has 0 N–H and O–H groups in total. The van der Waals surface area contributed by atoms with Gasteiger partial charge in [0.25, 0.3) is 0 Å². The zero-order chi connectivity index (χ0) is 14.9. The third-order valence-corrected chi connectivity index (χ3v) is 3.91. The summed E-state index contributed by atoms with van der Waals surface area (Å²) in [6.07, 6.45) is 0. The Labute approximate surface area is 134 Å². The molecule has 0 saturated heterocycles. The van der Waals surface area contributed by atoms with Crippen molar-refractivity contribution in [2.24, 2.45) is 0 Å². The molecule has 4 nitrogen and oxygen atoms in total. The van der Waals surface area contributed by atoms with Crippen LogP contribution >= 0.6 is 43.5 Å². The molecule has 0 aromatic heterocycles. The van der Waals surface area contributed by atoms with E-state index in [0.29, 0.717) is 4.47 Å². The lowest BCUT2D eigenvalue weighted by molar-refractivity contribution is -0.386. The maximum Gasteiger partial charge on any atom is 0.327 e. The Morgan fingerprint density at radius 1 is 1.20 bits per heavy atom. The van der Waals surface area contributed by atoms with Crippen molar-refractivity contribution in [2.75, 3.05) is 0 Å². The molecule has 2 aromatic carbocycles. The molecule has 8 heteroatoms. The van der Waals surface area contributed by atoms with Crippen molar-refractivity contribution in [1.82, 2.24) is 0 Å². The molecule has 2 rings (SSSR count). The summed E-state index contributed by atoms with van der Waals surface area (Å²) in [6.45, 7) is 0. The number of nitrogens with zero attached hydrogens (tertiary/aromatic N) is 1. The van der Waals surface area contributed by atoms with Gasteiger partial charge in [-0.3, -0.25) is 10.1 Å². The number of rotatable bonds is 3. The zero-order valence-corrected chi connectivity index (χ0v) is 13.5. The molecule has 0 bridgehead atoms. The Morgan fingerprint density at radius 2 is 1.85 bits per heavy atom. The molecular formula is C12H5Br2ClFNO3. The molecular weight excluding hydrogens is 420 g/mol. The van der Waals surface area contributed by atoms with Crippen molar-refractivity contribution in [3.63, 3.8) is 0 Å². The van der Waals surface area contributed by atoms with E-state index in [2.05, 4.69) is 31.9 Å². The quantitative estimate of drug-likeness (QED) is 0.468. The van der Waals surface area contributed by atoms with Gasteiger partial charge in [-0.1, -0.05) is 11.6 Å². The second kappa shape index (κ2) is 6.07. The number of ether oxygens (including phenoxy) is 1. The van der Waals surface area contributed by atoms with E-state index in [1.807, 2.05) is 0 Å². The van der Waals surface area contributed by atoms with Gasteiger partial charge in [-0.15, -0.1) is 0 Å². The number of hydrogen-bond donors (Lipinski definition) is 0. The van der Waals surface area contributed by atoms with E-state index in [1.54, 1.807) is 0 Å². The maximum absolute atomic E-state index is 13.2. The zero-order valence-electron chi connectivity index (χ0n) is 9.57. The summed E-state index contributed by atoms with van der Waals surface area (Å²) in [5, 5.41) is 11.1. The van der Waals surface area contributed by atoms with Gasteiger partial charge >= 0.3 is 5.69 Å². The van der Waals surface area contributed by atoms with Crippen LogP contribution in [0.3, 0.4) is 0 Å². The highest BCUT2D eigenvalue weighted by Gasteiger charge is 2.24. The summed E-state index contributed by atoms with van der Waals surface area (Å²) in [4.78, 5) is 10.5. The maximum atomic E-state index is 13.2. The van der Waals surface area contributed by atoms with E-state index >= 15 is 0 Å². The van der Waals surface area contributed by atoms with Gasteiger partial charge in [0.1, 0.15) is 11.6 Å². The van der Waals surface area contributed by atoms with E-state index in [0.717, 1.165) is 6.07 Å². The number of benzene rings is 2. The summed E-state index contributed by atoms with van der Waals surface area (Å²) >= 11 is 12.2. The molecule has 0 aliphatic heterocycles. The smallest absolute Gasteiger partial charge is 0.327 e. The minimum Gasteiger partial charge on any atom is -0.447 e. The van der Waals surface area contributed by atoms with Crippen LogP contribution in [0.2, 0.25) is 5.02 Å². The van der Waals surface area contributed by atoms with E-state index in [4.69, 9.17) is 16.3 Å². The largest absolute Gasteiger partial charge is 0.447 e. The van der Waals surface area contributed by atoms with Gasteiger partial charge in [-0.2, -0.15) is 0 Å². The fourth-order valence-corrected chi connectivity index (χ4v) is 2.43. The third-order valence-electron chi connectivity index (χ3n) is 2.32. The normalized spacial score (nSPS) is 10.4. The fraction of sp³-hybridized carbons (Fsp3) is 0. The Kier molecular flexibility index (Phi) is 4.62. The standard InChI is InChI=1S/C12H5Br2ClFNO3/c13-7-2-1-6(16)5-10(7)20-12-9(15)4-3-8(14)11(12)17(18)19/h1-5H. The van der Waals surface area contributed by atoms with Gasteiger partial charge in [0.05, 0.1) is 18.9 Å². The van der Waals surface area contributed by atoms with Crippen LogP contribution in [0.15, 0.2) is 39.3 Å².